The molecule has 0 spiro atoms. The molecule has 0 aliphatic carbocycles. The number of carbonyl (C=O) groups is 1. The van der Waals surface area contributed by atoms with Crippen molar-refractivity contribution < 1.29 is 19.3 Å². The predicted molar refractivity (Wildman–Crippen MR) is 23.9 cm³/mol. The Morgan fingerprint density at radius 3 is 2.62 bits per heavy atom. The van der Waals surface area contributed by atoms with Crippen LogP contribution in [0.3, 0.4) is 0 Å². The van der Waals surface area contributed by atoms with E-state index in [0.717, 1.165) is 0 Å². The maximum Gasteiger partial charge on any atom is 0.344 e. The zero-order valence-electron chi connectivity index (χ0n) is 4.43. The molecule has 3 nitrogen and oxygen atoms in total. The van der Waals surface area contributed by atoms with Crippen molar-refractivity contribution in [3.8, 4) is 0 Å². The molecule has 0 rings (SSSR count). The molecule has 48 valence electrons. The molecule has 0 saturated carbocycles. The molecule has 0 bridgehead atoms. The minimum absolute atomic E-state index is 0.392. The van der Waals surface area contributed by atoms with Crippen molar-refractivity contribution in [1.82, 2.24) is 0 Å². The molecule has 4 heteroatoms. The summed E-state index contributed by atoms with van der Waals surface area (Å²) >= 11 is 0. The normalized spacial score (nSPS) is 12.9. The Kier molecular flexibility index (Phi) is 3.10. The van der Waals surface area contributed by atoms with Gasteiger partial charge in [-0.25, -0.2) is 9.18 Å². The molecular formula is C4H7FO3. The largest absolute Gasteiger partial charge is 0.344 e. The molecule has 0 amide bonds. The molecule has 0 aromatic carbocycles. The van der Waals surface area contributed by atoms with Gasteiger partial charge in [0.1, 0.15) is 6.17 Å². The first-order chi connectivity index (χ1) is 3.66. The first kappa shape index (κ1) is 7.36. The third-order valence-corrected chi connectivity index (χ3v) is 0.550. The quantitative estimate of drug-likeness (QED) is 0.434. The van der Waals surface area contributed by atoms with Crippen LogP contribution in [-0.2, 0) is 9.68 Å². The van der Waals surface area contributed by atoms with Gasteiger partial charge < -0.3 is 4.89 Å². The summed E-state index contributed by atoms with van der Waals surface area (Å²) in [5, 5.41) is 7.57. The summed E-state index contributed by atoms with van der Waals surface area (Å²) in [6.07, 6.45) is -1.65. The van der Waals surface area contributed by atoms with Crippen molar-refractivity contribution in [3.05, 3.63) is 0 Å². The monoisotopic (exact) mass is 122 g/mol. The van der Waals surface area contributed by atoms with Gasteiger partial charge >= 0.3 is 5.97 Å². The first-order valence-corrected chi connectivity index (χ1v) is 2.15. The maximum absolute atomic E-state index is 11.7. The minimum Gasteiger partial charge on any atom is -0.301 e. The van der Waals surface area contributed by atoms with E-state index in [2.05, 4.69) is 4.89 Å². The SMILES string of the molecule is CC(F)CC(=O)OO. The van der Waals surface area contributed by atoms with Crippen LogP contribution in [-0.4, -0.2) is 17.4 Å². The smallest absolute Gasteiger partial charge is 0.301 e. The summed E-state index contributed by atoms with van der Waals surface area (Å²) in [5.41, 5.74) is 0. The van der Waals surface area contributed by atoms with E-state index in [-0.39, 0.29) is 0 Å². The van der Waals surface area contributed by atoms with Gasteiger partial charge in [-0.3, -0.25) is 0 Å². The molecular weight excluding hydrogens is 115 g/mol. The number of halogens is 1. The van der Waals surface area contributed by atoms with E-state index in [9.17, 15) is 9.18 Å². The van der Waals surface area contributed by atoms with Crippen molar-refractivity contribution >= 4 is 5.97 Å². The fraction of sp³-hybridized carbons (Fsp3) is 0.750. The lowest BCUT2D eigenvalue weighted by Crippen LogP contribution is -2.06. The Labute approximate surface area is 46.0 Å². The Morgan fingerprint density at radius 2 is 2.50 bits per heavy atom. The summed E-state index contributed by atoms with van der Waals surface area (Å²) in [6.45, 7) is 1.21. The van der Waals surface area contributed by atoms with Crippen molar-refractivity contribution in [2.24, 2.45) is 0 Å². The lowest BCUT2D eigenvalue weighted by atomic mass is 10.3. The summed E-state index contributed by atoms with van der Waals surface area (Å²) in [6, 6.07) is 0. The van der Waals surface area contributed by atoms with Gasteiger partial charge in [0.25, 0.3) is 0 Å². The number of alkyl halides is 1. The van der Waals surface area contributed by atoms with Gasteiger partial charge in [0.2, 0.25) is 0 Å². The van der Waals surface area contributed by atoms with E-state index in [1.54, 1.807) is 0 Å². The van der Waals surface area contributed by atoms with Crippen LogP contribution in [0.15, 0.2) is 0 Å². The molecule has 0 radical (unpaired) electrons. The van der Waals surface area contributed by atoms with E-state index in [1.807, 2.05) is 0 Å². The van der Waals surface area contributed by atoms with Crippen LogP contribution < -0.4 is 0 Å². The second-order valence-corrected chi connectivity index (χ2v) is 1.45. The van der Waals surface area contributed by atoms with Crippen LogP contribution in [0.25, 0.3) is 0 Å². The van der Waals surface area contributed by atoms with E-state index in [0.29, 0.717) is 0 Å². The van der Waals surface area contributed by atoms with Gasteiger partial charge in [0, 0.05) is 0 Å². The van der Waals surface area contributed by atoms with Crippen LogP contribution in [0.4, 0.5) is 4.39 Å². The lowest BCUT2D eigenvalue weighted by molar-refractivity contribution is -0.235. The zero-order valence-corrected chi connectivity index (χ0v) is 4.43. The fourth-order valence-electron chi connectivity index (χ4n) is 0.267. The maximum atomic E-state index is 11.7. The molecule has 0 heterocycles. The Hall–Kier alpha value is -0.640. The number of carbonyl (C=O) groups excluding carboxylic acids is 1. The average Bonchev–Trinajstić information content (AvgIpc) is 1.65. The van der Waals surface area contributed by atoms with Crippen LogP contribution in [0.5, 0.6) is 0 Å². The first-order valence-electron chi connectivity index (χ1n) is 2.15. The van der Waals surface area contributed by atoms with Crippen molar-refractivity contribution in [2.45, 2.75) is 19.5 Å². The van der Waals surface area contributed by atoms with Crippen LogP contribution in [0, 0.1) is 0 Å². The highest BCUT2D eigenvalue weighted by atomic mass is 19.1. The van der Waals surface area contributed by atoms with E-state index in [4.69, 9.17) is 5.26 Å². The van der Waals surface area contributed by atoms with Crippen LogP contribution in [0.1, 0.15) is 13.3 Å². The highest BCUT2D eigenvalue weighted by molar-refractivity contribution is 5.68. The Morgan fingerprint density at radius 1 is 2.00 bits per heavy atom. The molecule has 8 heavy (non-hydrogen) atoms. The summed E-state index contributed by atoms with van der Waals surface area (Å²) < 4.78 is 11.7. The van der Waals surface area contributed by atoms with Crippen molar-refractivity contribution in [1.29, 1.82) is 0 Å². The molecule has 0 aliphatic rings. The van der Waals surface area contributed by atoms with Gasteiger partial charge in [-0.1, -0.05) is 0 Å². The standard InChI is InChI=1S/C4H7FO3/c1-3(5)2-4(6)8-7/h3,7H,2H2,1H3. The zero-order chi connectivity index (χ0) is 6.57. The number of rotatable bonds is 2. The second-order valence-electron chi connectivity index (χ2n) is 1.45. The average molecular weight is 122 g/mol. The molecule has 0 fully saturated rings. The van der Waals surface area contributed by atoms with Gasteiger partial charge in [0.15, 0.2) is 0 Å². The minimum atomic E-state index is -1.25. The molecule has 0 saturated heterocycles. The Bertz CT molecular complexity index is 81.4. The van der Waals surface area contributed by atoms with Gasteiger partial charge in [0.05, 0.1) is 6.42 Å². The fourth-order valence-corrected chi connectivity index (χ4v) is 0.267. The highest BCUT2D eigenvalue weighted by Crippen LogP contribution is 1.95. The molecule has 0 aliphatic heterocycles. The molecule has 1 unspecified atom stereocenters. The topological polar surface area (TPSA) is 46.5 Å². The summed E-state index contributed by atoms with van der Waals surface area (Å²) in [7, 11) is 0. The van der Waals surface area contributed by atoms with Gasteiger partial charge in [-0.2, -0.15) is 5.26 Å². The third kappa shape index (κ3) is 3.55. The van der Waals surface area contributed by atoms with E-state index >= 15 is 0 Å². The molecule has 0 aromatic rings. The molecule has 1 atom stereocenters. The van der Waals surface area contributed by atoms with Crippen molar-refractivity contribution in [3.63, 3.8) is 0 Å². The number of hydrogen-bond donors (Lipinski definition) is 1. The predicted octanol–water partition coefficient (Wildman–Crippen LogP) is 0.751. The molecule has 1 N–H and O–H groups in total. The van der Waals surface area contributed by atoms with Crippen LogP contribution >= 0.6 is 0 Å². The third-order valence-electron chi connectivity index (χ3n) is 0.550. The van der Waals surface area contributed by atoms with Gasteiger partial charge in [-0.05, 0) is 6.92 Å². The summed E-state index contributed by atoms with van der Waals surface area (Å²) in [4.78, 5) is 13.1. The van der Waals surface area contributed by atoms with E-state index in [1.165, 1.54) is 6.92 Å². The van der Waals surface area contributed by atoms with Gasteiger partial charge in [-0.15, -0.1) is 0 Å². The van der Waals surface area contributed by atoms with Crippen molar-refractivity contribution in [2.75, 3.05) is 0 Å². The summed E-state index contributed by atoms with van der Waals surface area (Å²) in [5.74, 6) is -0.944. The molecule has 0 aromatic heterocycles. The highest BCUT2D eigenvalue weighted by Gasteiger charge is 2.06. The number of hydrogen-bond acceptors (Lipinski definition) is 3. The lowest BCUT2D eigenvalue weighted by Gasteiger charge is -1.94. The second kappa shape index (κ2) is 3.37. The van der Waals surface area contributed by atoms with E-state index < -0.39 is 18.6 Å². The van der Waals surface area contributed by atoms with Crippen LogP contribution in [0.2, 0.25) is 0 Å². The Balaban J connectivity index is 3.25.